The van der Waals surface area contributed by atoms with Crippen molar-refractivity contribution in [1.29, 1.82) is 0 Å². The van der Waals surface area contributed by atoms with Crippen molar-refractivity contribution in [2.24, 2.45) is 0 Å². The van der Waals surface area contributed by atoms with Gasteiger partial charge in [0.05, 0.1) is 12.2 Å². The largest absolute Gasteiger partial charge is 0.378 e. The molecule has 0 aliphatic rings. The molecule has 102 valence electrons. The lowest BCUT2D eigenvalue weighted by molar-refractivity contribution is 0.571. The molecular weight excluding hydrogens is 320 g/mol. The third-order valence-electron chi connectivity index (χ3n) is 2.87. The van der Waals surface area contributed by atoms with Gasteiger partial charge in [-0.3, -0.25) is 0 Å². The van der Waals surface area contributed by atoms with Gasteiger partial charge < -0.3 is 5.32 Å². The molecule has 0 spiro atoms. The van der Waals surface area contributed by atoms with Crippen LogP contribution in [0, 0.1) is 6.92 Å². The lowest BCUT2D eigenvalue weighted by Gasteiger charge is -2.14. The maximum Gasteiger partial charge on any atom is 0.112 e. The van der Waals surface area contributed by atoms with Crippen molar-refractivity contribution < 1.29 is 0 Å². The number of anilines is 1. The fourth-order valence-electron chi connectivity index (χ4n) is 1.68. The smallest absolute Gasteiger partial charge is 0.112 e. The van der Waals surface area contributed by atoms with E-state index in [9.17, 15) is 0 Å². The molecule has 1 heterocycles. The lowest BCUT2D eigenvalue weighted by atomic mass is 9.93. The van der Waals surface area contributed by atoms with Gasteiger partial charge in [-0.2, -0.15) is 0 Å². The number of aryl methyl sites for hydroxylation is 1. The van der Waals surface area contributed by atoms with Crippen LogP contribution in [-0.4, -0.2) is 4.98 Å². The molecule has 0 aliphatic carbocycles. The highest BCUT2D eigenvalue weighted by molar-refractivity contribution is 9.10. The van der Waals surface area contributed by atoms with Crippen molar-refractivity contribution in [3.63, 3.8) is 0 Å². The molecule has 0 aliphatic heterocycles. The molecule has 2 rings (SSSR count). The summed E-state index contributed by atoms with van der Waals surface area (Å²) in [6, 6.07) is 6.30. The van der Waals surface area contributed by atoms with Gasteiger partial charge in [0.1, 0.15) is 5.01 Å². The minimum atomic E-state index is 0.124. The first-order chi connectivity index (χ1) is 8.86. The fourth-order valence-corrected chi connectivity index (χ4v) is 3.03. The summed E-state index contributed by atoms with van der Waals surface area (Å²) in [7, 11) is 0. The molecular formula is C15H19BrN2S. The zero-order valence-electron chi connectivity index (χ0n) is 11.7. The summed E-state index contributed by atoms with van der Waals surface area (Å²) in [5.41, 5.74) is 3.66. The summed E-state index contributed by atoms with van der Waals surface area (Å²) in [5, 5.41) is 6.71. The Morgan fingerprint density at radius 3 is 2.68 bits per heavy atom. The van der Waals surface area contributed by atoms with E-state index in [1.807, 2.05) is 0 Å². The van der Waals surface area contributed by atoms with Gasteiger partial charge in [-0.15, -0.1) is 11.3 Å². The van der Waals surface area contributed by atoms with Crippen molar-refractivity contribution in [3.8, 4) is 0 Å². The van der Waals surface area contributed by atoms with Crippen LogP contribution in [0.25, 0.3) is 0 Å². The van der Waals surface area contributed by atoms with Crippen LogP contribution < -0.4 is 5.32 Å². The zero-order chi connectivity index (χ0) is 14.0. The molecule has 19 heavy (non-hydrogen) atoms. The van der Waals surface area contributed by atoms with Gasteiger partial charge in [0.25, 0.3) is 0 Å². The van der Waals surface area contributed by atoms with Crippen molar-refractivity contribution >= 4 is 33.0 Å². The fraction of sp³-hybridized carbons (Fsp3) is 0.400. The van der Waals surface area contributed by atoms with Crippen LogP contribution in [-0.2, 0) is 12.0 Å². The number of hydrogen-bond acceptors (Lipinski definition) is 3. The Kier molecular flexibility index (Phi) is 4.31. The Balaban J connectivity index is 2.06. The summed E-state index contributed by atoms with van der Waals surface area (Å²) < 4.78 is 1.09. The highest BCUT2D eigenvalue weighted by Gasteiger charge is 2.17. The first-order valence-electron chi connectivity index (χ1n) is 6.31. The Bertz CT molecular complexity index is 570. The Labute approximate surface area is 127 Å². The molecule has 0 radical (unpaired) electrons. The van der Waals surface area contributed by atoms with E-state index in [1.54, 1.807) is 11.3 Å². The highest BCUT2D eigenvalue weighted by Crippen LogP contribution is 2.26. The number of benzene rings is 1. The van der Waals surface area contributed by atoms with Crippen LogP contribution >= 0.6 is 27.3 Å². The molecule has 2 aromatic rings. The zero-order valence-corrected chi connectivity index (χ0v) is 14.2. The molecule has 1 aromatic carbocycles. The number of nitrogens with one attached hydrogen (secondary N) is 1. The topological polar surface area (TPSA) is 24.9 Å². The molecule has 0 amide bonds. The predicted octanol–water partition coefficient (Wildman–Crippen LogP) is 5.12. The minimum Gasteiger partial charge on any atom is -0.378 e. The molecule has 0 fully saturated rings. The van der Waals surface area contributed by atoms with Gasteiger partial charge >= 0.3 is 0 Å². The quantitative estimate of drug-likeness (QED) is 0.839. The molecule has 1 N–H and O–H groups in total. The van der Waals surface area contributed by atoms with E-state index in [-0.39, 0.29) is 5.41 Å². The van der Waals surface area contributed by atoms with Gasteiger partial charge in [-0.05, 0) is 40.5 Å². The van der Waals surface area contributed by atoms with E-state index in [0.29, 0.717) is 0 Å². The van der Waals surface area contributed by atoms with Crippen molar-refractivity contribution in [2.45, 2.75) is 39.7 Å². The summed E-state index contributed by atoms with van der Waals surface area (Å²) in [5.74, 6) is 0. The standard InChI is InChI=1S/C15H19BrN2S/c1-10-5-6-11(16)12(7-10)17-8-14-18-13(9-19-14)15(2,3)4/h5-7,9,17H,8H2,1-4H3. The predicted molar refractivity (Wildman–Crippen MR) is 87.0 cm³/mol. The second kappa shape index (κ2) is 5.63. The number of aromatic nitrogens is 1. The Morgan fingerprint density at radius 1 is 1.32 bits per heavy atom. The van der Waals surface area contributed by atoms with Crippen molar-refractivity contribution in [1.82, 2.24) is 4.98 Å². The van der Waals surface area contributed by atoms with Crippen LogP contribution in [0.15, 0.2) is 28.1 Å². The second-order valence-corrected chi connectivity index (χ2v) is 7.51. The van der Waals surface area contributed by atoms with Crippen LogP contribution in [0.1, 0.15) is 37.0 Å². The van der Waals surface area contributed by atoms with E-state index in [0.717, 1.165) is 27.4 Å². The molecule has 0 saturated heterocycles. The Morgan fingerprint density at radius 2 is 2.05 bits per heavy atom. The average Bonchev–Trinajstić information content (AvgIpc) is 2.79. The summed E-state index contributed by atoms with van der Waals surface area (Å²) in [4.78, 5) is 4.69. The first kappa shape index (κ1) is 14.5. The van der Waals surface area contributed by atoms with E-state index in [1.165, 1.54) is 5.56 Å². The van der Waals surface area contributed by atoms with E-state index in [2.05, 4.69) is 77.5 Å². The third-order valence-corrected chi connectivity index (χ3v) is 4.41. The Hall–Kier alpha value is -0.870. The first-order valence-corrected chi connectivity index (χ1v) is 7.98. The summed E-state index contributed by atoms with van der Waals surface area (Å²) in [6.07, 6.45) is 0. The summed E-state index contributed by atoms with van der Waals surface area (Å²) in [6.45, 7) is 9.44. The normalized spacial score (nSPS) is 11.6. The second-order valence-electron chi connectivity index (χ2n) is 5.71. The SMILES string of the molecule is Cc1ccc(Br)c(NCc2nc(C(C)(C)C)cs2)c1. The molecule has 2 nitrogen and oxygen atoms in total. The van der Waals surface area contributed by atoms with E-state index < -0.39 is 0 Å². The monoisotopic (exact) mass is 338 g/mol. The number of nitrogens with zero attached hydrogens (tertiary/aromatic N) is 1. The third kappa shape index (κ3) is 3.80. The van der Waals surface area contributed by atoms with Gasteiger partial charge in [0.15, 0.2) is 0 Å². The van der Waals surface area contributed by atoms with Gasteiger partial charge in [-0.1, -0.05) is 26.8 Å². The van der Waals surface area contributed by atoms with Crippen LogP contribution in [0.2, 0.25) is 0 Å². The van der Waals surface area contributed by atoms with Gasteiger partial charge in [0.2, 0.25) is 0 Å². The number of thiazole rings is 1. The maximum absolute atomic E-state index is 4.69. The lowest BCUT2D eigenvalue weighted by Crippen LogP contribution is -2.12. The van der Waals surface area contributed by atoms with E-state index in [4.69, 9.17) is 0 Å². The maximum atomic E-state index is 4.69. The molecule has 1 aromatic heterocycles. The van der Waals surface area contributed by atoms with Gasteiger partial charge in [-0.25, -0.2) is 4.98 Å². The number of halogens is 1. The van der Waals surface area contributed by atoms with Crippen LogP contribution in [0.4, 0.5) is 5.69 Å². The minimum absolute atomic E-state index is 0.124. The molecule has 4 heteroatoms. The summed E-state index contributed by atoms with van der Waals surface area (Å²) >= 11 is 5.28. The molecule has 0 saturated carbocycles. The van der Waals surface area contributed by atoms with Crippen LogP contribution in [0.3, 0.4) is 0 Å². The molecule has 0 unspecified atom stereocenters. The highest BCUT2D eigenvalue weighted by atomic mass is 79.9. The van der Waals surface area contributed by atoms with Crippen molar-refractivity contribution in [3.05, 3.63) is 44.3 Å². The van der Waals surface area contributed by atoms with E-state index >= 15 is 0 Å². The number of hydrogen-bond donors (Lipinski definition) is 1. The average molecular weight is 339 g/mol. The van der Waals surface area contributed by atoms with Gasteiger partial charge in [0, 0.05) is 21.0 Å². The van der Waals surface area contributed by atoms with Crippen LogP contribution in [0.5, 0.6) is 0 Å². The van der Waals surface area contributed by atoms with Crippen molar-refractivity contribution in [2.75, 3.05) is 5.32 Å². The molecule has 0 bridgehead atoms. The molecule has 0 atom stereocenters. The number of rotatable bonds is 3.